The van der Waals surface area contributed by atoms with Gasteiger partial charge in [0.2, 0.25) is 0 Å². The summed E-state index contributed by atoms with van der Waals surface area (Å²) in [5, 5.41) is 3.53. The fourth-order valence-electron chi connectivity index (χ4n) is 1.86. The van der Waals surface area contributed by atoms with Crippen molar-refractivity contribution in [1.82, 2.24) is 0 Å². The van der Waals surface area contributed by atoms with Crippen molar-refractivity contribution in [1.29, 1.82) is 0 Å². The molecule has 0 aliphatic heterocycles. The fraction of sp³-hybridized carbons (Fsp3) is 0.133. The van der Waals surface area contributed by atoms with Crippen LogP contribution in [-0.4, -0.2) is 5.91 Å². The van der Waals surface area contributed by atoms with Gasteiger partial charge in [-0.1, -0.05) is 17.7 Å². The predicted molar refractivity (Wildman–Crippen MR) is 83.0 cm³/mol. The first-order valence-corrected chi connectivity index (χ1v) is 6.98. The number of amides is 1. The SMILES string of the molecule is Cc1cc(C)c(NC(=O)c2ccc(Cl)cc2)c(Br)c1. The molecule has 0 atom stereocenters. The average molecular weight is 339 g/mol. The molecular formula is C15H13BrClNO. The highest BCUT2D eigenvalue weighted by Crippen LogP contribution is 2.28. The first kappa shape index (κ1) is 14.1. The number of hydrogen-bond donors (Lipinski definition) is 1. The maximum absolute atomic E-state index is 12.1. The van der Waals surface area contributed by atoms with E-state index in [1.165, 1.54) is 0 Å². The third-order valence-electron chi connectivity index (χ3n) is 2.78. The van der Waals surface area contributed by atoms with Gasteiger partial charge >= 0.3 is 0 Å². The summed E-state index contributed by atoms with van der Waals surface area (Å²) < 4.78 is 0.882. The standard InChI is InChI=1S/C15H13BrClNO/c1-9-7-10(2)14(13(16)8-9)18-15(19)11-3-5-12(17)6-4-11/h3-8H,1-2H3,(H,18,19). The first-order valence-electron chi connectivity index (χ1n) is 5.81. The third kappa shape index (κ3) is 3.37. The Hall–Kier alpha value is -1.32. The van der Waals surface area contributed by atoms with Crippen LogP contribution in [-0.2, 0) is 0 Å². The molecular weight excluding hydrogens is 326 g/mol. The number of aryl methyl sites for hydroxylation is 2. The van der Waals surface area contributed by atoms with Gasteiger partial charge in [0.1, 0.15) is 0 Å². The van der Waals surface area contributed by atoms with Crippen LogP contribution in [0.1, 0.15) is 21.5 Å². The van der Waals surface area contributed by atoms with E-state index >= 15 is 0 Å². The molecule has 0 saturated heterocycles. The molecule has 2 aromatic carbocycles. The minimum atomic E-state index is -0.149. The van der Waals surface area contributed by atoms with E-state index in [1.54, 1.807) is 24.3 Å². The molecule has 4 heteroatoms. The van der Waals surface area contributed by atoms with E-state index in [-0.39, 0.29) is 5.91 Å². The Bertz CT molecular complexity index is 600. The van der Waals surface area contributed by atoms with E-state index in [4.69, 9.17) is 11.6 Å². The molecule has 0 unspecified atom stereocenters. The topological polar surface area (TPSA) is 29.1 Å². The van der Waals surface area contributed by atoms with Crippen molar-refractivity contribution in [2.45, 2.75) is 13.8 Å². The molecule has 0 fully saturated rings. The molecule has 19 heavy (non-hydrogen) atoms. The molecule has 1 amide bonds. The highest BCUT2D eigenvalue weighted by atomic mass is 79.9. The quantitative estimate of drug-likeness (QED) is 0.823. The van der Waals surface area contributed by atoms with E-state index in [0.717, 1.165) is 21.3 Å². The number of hydrogen-bond acceptors (Lipinski definition) is 1. The first-order chi connectivity index (χ1) is 8.97. The summed E-state index contributed by atoms with van der Waals surface area (Å²) in [5.41, 5.74) is 3.55. The molecule has 2 nitrogen and oxygen atoms in total. The van der Waals surface area contributed by atoms with Gasteiger partial charge in [-0.2, -0.15) is 0 Å². The van der Waals surface area contributed by atoms with Crippen LogP contribution in [0.15, 0.2) is 40.9 Å². The maximum Gasteiger partial charge on any atom is 0.255 e. The van der Waals surface area contributed by atoms with E-state index < -0.39 is 0 Å². The summed E-state index contributed by atoms with van der Waals surface area (Å²) >= 11 is 9.28. The molecule has 0 spiro atoms. The van der Waals surface area contributed by atoms with Crippen LogP contribution in [0.2, 0.25) is 5.02 Å². The zero-order valence-electron chi connectivity index (χ0n) is 10.6. The van der Waals surface area contributed by atoms with Crippen LogP contribution in [0, 0.1) is 13.8 Å². The van der Waals surface area contributed by atoms with Gasteiger partial charge in [-0.15, -0.1) is 0 Å². The van der Waals surface area contributed by atoms with Crippen molar-refractivity contribution in [2.75, 3.05) is 5.32 Å². The molecule has 98 valence electrons. The molecule has 0 heterocycles. The second kappa shape index (κ2) is 5.76. The van der Waals surface area contributed by atoms with Crippen LogP contribution in [0.3, 0.4) is 0 Å². The summed E-state index contributed by atoms with van der Waals surface area (Å²) in [6.45, 7) is 3.98. The fourth-order valence-corrected chi connectivity index (χ4v) is 2.76. The molecule has 0 aliphatic carbocycles. The van der Waals surface area contributed by atoms with Gasteiger partial charge in [0.25, 0.3) is 5.91 Å². The second-order valence-corrected chi connectivity index (χ2v) is 5.69. The minimum absolute atomic E-state index is 0.149. The number of carbonyl (C=O) groups excluding carboxylic acids is 1. The Morgan fingerprint density at radius 3 is 2.37 bits per heavy atom. The lowest BCUT2D eigenvalue weighted by Gasteiger charge is -2.11. The highest BCUT2D eigenvalue weighted by Gasteiger charge is 2.10. The van der Waals surface area contributed by atoms with Gasteiger partial charge < -0.3 is 5.32 Å². The lowest BCUT2D eigenvalue weighted by molar-refractivity contribution is 0.102. The number of benzene rings is 2. The summed E-state index contributed by atoms with van der Waals surface area (Å²) in [6, 6.07) is 10.8. The van der Waals surface area contributed by atoms with E-state index in [1.807, 2.05) is 26.0 Å². The van der Waals surface area contributed by atoms with E-state index in [2.05, 4.69) is 21.2 Å². The molecule has 0 bridgehead atoms. The predicted octanol–water partition coefficient (Wildman–Crippen LogP) is 4.97. The van der Waals surface area contributed by atoms with E-state index in [0.29, 0.717) is 10.6 Å². The minimum Gasteiger partial charge on any atom is -0.321 e. The Kier molecular flexibility index (Phi) is 4.27. The molecule has 0 aromatic heterocycles. The van der Waals surface area contributed by atoms with Crippen LogP contribution in [0.4, 0.5) is 5.69 Å². The maximum atomic E-state index is 12.1. The van der Waals surface area contributed by atoms with Crippen molar-refractivity contribution in [3.63, 3.8) is 0 Å². The average Bonchev–Trinajstić information content (AvgIpc) is 2.34. The van der Waals surface area contributed by atoms with Crippen molar-refractivity contribution < 1.29 is 4.79 Å². The van der Waals surface area contributed by atoms with Crippen LogP contribution < -0.4 is 5.32 Å². The molecule has 0 saturated carbocycles. The van der Waals surface area contributed by atoms with Crippen molar-refractivity contribution in [2.24, 2.45) is 0 Å². The monoisotopic (exact) mass is 337 g/mol. The smallest absolute Gasteiger partial charge is 0.255 e. The van der Waals surface area contributed by atoms with Crippen LogP contribution >= 0.6 is 27.5 Å². The number of halogens is 2. The number of anilines is 1. The van der Waals surface area contributed by atoms with E-state index in [9.17, 15) is 4.79 Å². The van der Waals surface area contributed by atoms with Crippen LogP contribution in [0.5, 0.6) is 0 Å². The molecule has 1 N–H and O–H groups in total. The Morgan fingerprint density at radius 2 is 1.79 bits per heavy atom. The second-order valence-electron chi connectivity index (χ2n) is 4.40. The molecule has 2 rings (SSSR count). The van der Waals surface area contributed by atoms with Gasteiger partial charge in [-0.05, 0) is 71.2 Å². The zero-order chi connectivity index (χ0) is 14.0. The summed E-state index contributed by atoms with van der Waals surface area (Å²) in [7, 11) is 0. The molecule has 2 aromatic rings. The van der Waals surface area contributed by atoms with Gasteiger partial charge in [0.15, 0.2) is 0 Å². The largest absolute Gasteiger partial charge is 0.321 e. The van der Waals surface area contributed by atoms with Gasteiger partial charge in [-0.3, -0.25) is 4.79 Å². The van der Waals surface area contributed by atoms with Crippen molar-refractivity contribution >= 4 is 39.1 Å². The van der Waals surface area contributed by atoms with Gasteiger partial charge in [0, 0.05) is 15.1 Å². The summed E-state index contributed by atoms with van der Waals surface area (Å²) in [6.07, 6.45) is 0. The van der Waals surface area contributed by atoms with Crippen LogP contribution in [0.25, 0.3) is 0 Å². The highest BCUT2D eigenvalue weighted by molar-refractivity contribution is 9.10. The lowest BCUT2D eigenvalue weighted by Crippen LogP contribution is -2.13. The third-order valence-corrected chi connectivity index (χ3v) is 3.65. The molecule has 0 radical (unpaired) electrons. The Morgan fingerprint density at radius 1 is 1.16 bits per heavy atom. The zero-order valence-corrected chi connectivity index (χ0v) is 13.0. The summed E-state index contributed by atoms with van der Waals surface area (Å²) in [4.78, 5) is 12.1. The normalized spacial score (nSPS) is 10.3. The Balaban J connectivity index is 2.26. The number of rotatable bonds is 2. The van der Waals surface area contributed by atoms with Gasteiger partial charge in [0.05, 0.1) is 5.69 Å². The van der Waals surface area contributed by atoms with Crippen molar-refractivity contribution in [3.8, 4) is 0 Å². The molecule has 0 aliphatic rings. The number of carbonyl (C=O) groups is 1. The van der Waals surface area contributed by atoms with Gasteiger partial charge in [-0.25, -0.2) is 0 Å². The Labute approximate surface area is 125 Å². The summed E-state index contributed by atoms with van der Waals surface area (Å²) in [5.74, 6) is -0.149. The number of nitrogens with one attached hydrogen (secondary N) is 1. The lowest BCUT2D eigenvalue weighted by atomic mass is 10.1. The van der Waals surface area contributed by atoms with Crippen molar-refractivity contribution in [3.05, 3.63) is 62.6 Å².